The zero-order valence-electron chi connectivity index (χ0n) is 13.9. The van der Waals surface area contributed by atoms with Crippen molar-refractivity contribution in [2.45, 2.75) is 13.0 Å². The molecule has 0 aliphatic carbocycles. The number of ether oxygens (including phenoxy) is 1. The largest absolute Gasteiger partial charge is 0.483 e. The van der Waals surface area contributed by atoms with Crippen LogP contribution in [0.25, 0.3) is 0 Å². The minimum atomic E-state index is -0.675. The maximum absolute atomic E-state index is 12.2. The minimum Gasteiger partial charge on any atom is -0.483 e. The van der Waals surface area contributed by atoms with E-state index in [9.17, 15) is 14.4 Å². The van der Waals surface area contributed by atoms with Crippen LogP contribution in [0.1, 0.15) is 28.5 Å². The summed E-state index contributed by atoms with van der Waals surface area (Å²) in [4.78, 5) is 37.7. The van der Waals surface area contributed by atoms with Crippen LogP contribution in [-0.2, 0) is 7.05 Å². The number of nitrogens with one attached hydrogen (secondary N) is 2. The molecule has 0 saturated carbocycles. The van der Waals surface area contributed by atoms with Crippen molar-refractivity contribution in [3.05, 3.63) is 67.9 Å². The summed E-state index contributed by atoms with van der Waals surface area (Å²) in [5.74, 6) is 0.0395. The summed E-state index contributed by atoms with van der Waals surface area (Å²) in [5.41, 5.74) is -1.41. The first-order valence-electron chi connectivity index (χ1n) is 7.61. The van der Waals surface area contributed by atoms with Crippen molar-refractivity contribution in [2.24, 2.45) is 7.05 Å². The Morgan fingerprint density at radius 3 is 2.69 bits per heavy atom. The van der Waals surface area contributed by atoms with E-state index in [1.165, 1.54) is 7.05 Å². The number of aromatic amines is 1. The first-order valence-corrected chi connectivity index (χ1v) is 8.42. The Balaban J connectivity index is 1.71. The van der Waals surface area contributed by atoms with E-state index in [0.29, 0.717) is 10.8 Å². The van der Waals surface area contributed by atoms with E-state index in [2.05, 4.69) is 20.5 Å². The van der Waals surface area contributed by atoms with Gasteiger partial charge in [0.1, 0.15) is 17.5 Å². The molecule has 0 radical (unpaired) electrons. The Kier molecular flexibility index (Phi) is 4.94. The third-order valence-corrected chi connectivity index (χ3v) is 4.45. The SMILES string of the molecule is C[C@H](Oc1ccccc1)c1nnc(NC(=O)c2cc(=O)n(C)c(=O)[nH]2)s1. The number of amides is 1. The lowest BCUT2D eigenvalue weighted by Gasteiger charge is -2.10. The highest BCUT2D eigenvalue weighted by atomic mass is 32.1. The number of rotatable bonds is 5. The van der Waals surface area contributed by atoms with Crippen LogP contribution < -0.4 is 21.3 Å². The summed E-state index contributed by atoms with van der Waals surface area (Å²) in [5, 5.41) is 11.2. The van der Waals surface area contributed by atoms with Crippen LogP contribution in [0.5, 0.6) is 5.75 Å². The fourth-order valence-electron chi connectivity index (χ4n) is 2.05. The molecule has 1 amide bonds. The predicted molar refractivity (Wildman–Crippen MR) is 95.7 cm³/mol. The van der Waals surface area contributed by atoms with Crippen molar-refractivity contribution in [1.82, 2.24) is 19.7 Å². The van der Waals surface area contributed by atoms with Gasteiger partial charge in [-0.3, -0.25) is 19.5 Å². The molecule has 2 aromatic heterocycles. The Morgan fingerprint density at radius 2 is 2.00 bits per heavy atom. The first kappa shape index (κ1) is 17.5. The molecule has 3 rings (SSSR count). The normalized spacial score (nSPS) is 11.8. The van der Waals surface area contributed by atoms with Gasteiger partial charge in [-0.15, -0.1) is 10.2 Å². The van der Waals surface area contributed by atoms with Crippen LogP contribution in [0.3, 0.4) is 0 Å². The molecule has 1 atom stereocenters. The molecule has 0 saturated heterocycles. The van der Waals surface area contributed by atoms with Crippen LogP contribution in [0.2, 0.25) is 0 Å². The molecule has 1 aromatic carbocycles. The van der Waals surface area contributed by atoms with Gasteiger partial charge in [-0.2, -0.15) is 0 Å². The zero-order chi connectivity index (χ0) is 18.7. The van der Waals surface area contributed by atoms with Crippen molar-refractivity contribution in [2.75, 3.05) is 5.32 Å². The second-order valence-corrected chi connectivity index (χ2v) is 6.37. The fraction of sp³-hybridized carbons (Fsp3) is 0.188. The molecule has 9 nitrogen and oxygen atoms in total. The Hall–Kier alpha value is -3.27. The summed E-state index contributed by atoms with van der Waals surface area (Å²) < 4.78 is 6.62. The van der Waals surface area contributed by atoms with Crippen molar-refractivity contribution in [1.29, 1.82) is 0 Å². The third kappa shape index (κ3) is 3.86. The van der Waals surface area contributed by atoms with Gasteiger partial charge < -0.3 is 9.72 Å². The summed E-state index contributed by atoms with van der Waals surface area (Å²) in [6, 6.07) is 10.3. The zero-order valence-corrected chi connectivity index (χ0v) is 14.7. The van der Waals surface area contributed by atoms with Crippen LogP contribution in [-0.4, -0.2) is 25.7 Å². The Labute approximate surface area is 151 Å². The van der Waals surface area contributed by atoms with E-state index in [1.54, 1.807) is 0 Å². The molecule has 0 spiro atoms. The van der Waals surface area contributed by atoms with E-state index < -0.39 is 17.2 Å². The molecule has 10 heteroatoms. The number of nitrogens with zero attached hydrogens (tertiary/aromatic N) is 3. The van der Waals surface area contributed by atoms with Crippen molar-refractivity contribution in [3.63, 3.8) is 0 Å². The number of H-pyrrole nitrogens is 1. The number of hydrogen-bond donors (Lipinski definition) is 2. The topological polar surface area (TPSA) is 119 Å². The summed E-state index contributed by atoms with van der Waals surface area (Å²) >= 11 is 1.14. The van der Waals surface area contributed by atoms with Gasteiger partial charge in [0, 0.05) is 13.1 Å². The lowest BCUT2D eigenvalue weighted by molar-refractivity contribution is 0.102. The second kappa shape index (κ2) is 7.31. The molecule has 0 bridgehead atoms. The van der Waals surface area contributed by atoms with Crippen molar-refractivity contribution in [3.8, 4) is 5.75 Å². The minimum absolute atomic E-state index is 0.150. The van der Waals surface area contributed by atoms with E-state index >= 15 is 0 Å². The average Bonchev–Trinajstić information content (AvgIpc) is 3.08. The van der Waals surface area contributed by atoms with E-state index in [4.69, 9.17) is 4.74 Å². The quantitative estimate of drug-likeness (QED) is 0.696. The average molecular weight is 373 g/mol. The van der Waals surface area contributed by atoms with Crippen LogP contribution in [0.4, 0.5) is 5.13 Å². The standard InChI is InChI=1S/C16H15N5O4S/c1-9(25-10-6-4-3-5-7-10)14-19-20-15(26-14)18-13(23)11-8-12(22)21(2)16(24)17-11/h3-9H,1-2H3,(H,17,24)(H,18,20,23)/t9-/m0/s1. The van der Waals surface area contributed by atoms with Crippen LogP contribution in [0.15, 0.2) is 46.0 Å². The van der Waals surface area contributed by atoms with Gasteiger partial charge in [0.15, 0.2) is 5.01 Å². The maximum Gasteiger partial charge on any atom is 0.328 e. The summed E-state index contributed by atoms with van der Waals surface area (Å²) in [7, 11) is 1.31. The van der Waals surface area contributed by atoms with Gasteiger partial charge in [-0.1, -0.05) is 29.5 Å². The van der Waals surface area contributed by atoms with Gasteiger partial charge in [-0.05, 0) is 19.1 Å². The monoisotopic (exact) mass is 373 g/mol. The van der Waals surface area contributed by atoms with Gasteiger partial charge in [0.2, 0.25) is 5.13 Å². The molecule has 0 aliphatic rings. The lowest BCUT2D eigenvalue weighted by Crippen LogP contribution is -2.34. The summed E-state index contributed by atoms with van der Waals surface area (Å²) in [6.45, 7) is 1.82. The van der Waals surface area contributed by atoms with Crippen LogP contribution in [0, 0.1) is 0 Å². The third-order valence-electron chi connectivity index (χ3n) is 3.45. The molecule has 0 aliphatic heterocycles. The molecule has 0 fully saturated rings. The predicted octanol–water partition coefficient (Wildman–Crippen LogP) is 1.32. The van der Waals surface area contributed by atoms with Crippen molar-refractivity contribution >= 4 is 22.4 Å². The molecule has 26 heavy (non-hydrogen) atoms. The number of carbonyl (C=O) groups is 1. The van der Waals surface area contributed by atoms with Gasteiger partial charge >= 0.3 is 5.69 Å². The number of anilines is 1. The maximum atomic E-state index is 12.2. The highest BCUT2D eigenvalue weighted by Crippen LogP contribution is 2.26. The number of benzene rings is 1. The molecule has 0 unspecified atom stereocenters. The number of hydrogen-bond acceptors (Lipinski definition) is 7. The smallest absolute Gasteiger partial charge is 0.328 e. The molecule has 3 aromatic rings. The van der Waals surface area contributed by atoms with Gasteiger partial charge in [-0.25, -0.2) is 4.79 Å². The molecular weight excluding hydrogens is 358 g/mol. The van der Waals surface area contributed by atoms with E-state index in [1.807, 2.05) is 37.3 Å². The molecule has 2 heterocycles. The summed E-state index contributed by atoms with van der Waals surface area (Å²) in [6.07, 6.45) is -0.357. The Bertz CT molecular complexity index is 1010. The molecule has 2 N–H and O–H groups in total. The highest BCUT2D eigenvalue weighted by Gasteiger charge is 2.16. The number of aromatic nitrogens is 4. The molecule has 134 valence electrons. The second-order valence-electron chi connectivity index (χ2n) is 5.36. The highest BCUT2D eigenvalue weighted by molar-refractivity contribution is 7.15. The van der Waals surface area contributed by atoms with Crippen LogP contribution >= 0.6 is 11.3 Å². The fourth-order valence-corrected chi connectivity index (χ4v) is 2.76. The number of carbonyl (C=O) groups excluding carboxylic acids is 1. The Morgan fingerprint density at radius 1 is 1.27 bits per heavy atom. The lowest BCUT2D eigenvalue weighted by atomic mass is 10.3. The van der Waals surface area contributed by atoms with Crippen molar-refractivity contribution < 1.29 is 9.53 Å². The first-order chi connectivity index (χ1) is 12.4. The van der Waals surface area contributed by atoms with Gasteiger partial charge in [0.05, 0.1) is 0 Å². The number of para-hydroxylation sites is 1. The molecular formula is C16H15N5O4S. The van der Waals surface area contributed by atoms with E-state index in [0.717, 1.165) is 22.0 Å². The van der Waals surface area contributed by atoms with Gasteiger partial charge in [0.25, 0.3) is 11.5 Å². The van der Waals surface area contributed by atoms with E-state index in [-0.39, 0.29) is 16.9 Å².